The lowest BCUT2D eigenvalue weighted by molar-refractivity contribution is -0.00251. The smallest absolute Gasteiger partial charge is 0.214 e. The summed E-state index contributed by atoms with van der Waals surface area (Å²) in [5, 5.41) is 0. The number of hydrogen-bond acceptors (Lipinski definition) is 3. The SMILES string of the molecule is CCS(=O)(=O)N1CCOC(c2ccc(C(C)C)cc2)C1. The zero-order valence-electron chi connectivity index (χ0n) is 12.4. The van der Waals surface area contributed by atoms with Gasteiger partial charge in [0.25, 0.3) is 0 Å². The molecular weight excluding hydrogens is 274 g/mol. The molecule has 0 radical (unpaired) electrons. The van der Waals surface area contributed by atoms with Crippen molar-refractivity contribution in [2.45, 2.75) is 32.8 Å². The van der Waals surface area contributed by atoms with E-state index in [1.54, 1.807) is 6.92 Å². The normalized spacial score (nSPS) is 21.3. The Morgan fingerprint density at radius 3 is 2.50 bits per heavy atom. The highest BCUT2D eigenvalue weighted by Crippen LogP contribution is 2.25. The lowest BCUT2D eigenvalue weighted by Crippen LogP contribution is -2.42. The summed E-state index contributed by atoms with van der Waals surface area (Å²) < 4.78 is 31.2. The molecule has 0 N–H and O–H groups in total. The summed E-state index contributed by atoms with van der Waals surface area (Å²) in [5.74, 6) is 0.639. The molecule has 0 saturated carbocycles. The lowest BCUT2D eigenvalue weighted by atomic mass is 10.00. The van der Waals surface area contributed by atoms with Gasteiger partial charge in [0, 0.05) is 13.1 Å². The Morgan fingerprint density at radius 2 is 1.95 bits per heavy atom. The first-order valence-corrected chi connectivity index (χ1v) is 8.74. The van der Waals surface area contributed by atoms with Gasteiger partial charge >= 0.3 is 0 Å². The molecule has 1 fully saturated rings. The van der Waals surface area contributed by atoms with Gasteiger partial charge in [-0.1, -0.05) is 38.1 Å². The Kier molecular flexibility index (Phi) is 4.83. The molecule has 1 aromatic rings. The second kappa shape index (κ2) is 6.24. The van der Waals surface area contributed by atoms with Crippen LogP contribution in [0.1, 0.15) is 43.9 Å². The lowest BCUT2D eigenvalue weighted by Gasteiger charge is -2.32. The first-order valence-electron chi connectivity index (χ1n) is 7.13. The molecule has 1 aliphatic rings. The van der Waals surface area contributed by atoms with Gasteiger partial charge in [-0.2, -0.15) is 4.31 Å². The van der Waals surface area contributed by atoms with Crippen LogP contribution in [0.15, 0.2) is 24.3 Å². The van der Waals surface area contributed by atoms with Crippen LogP contribution in [0.3, 0.4) is 0 Å². The second-order valence-electron chi connectivity index (χ2n) is 5.44. The van der Waals surface area contributed by atoms with Crippen molar-refractivity contribution in [3.05, 3.63) is 35.4 Å². The fraction of sp³-hybridized carbons (Fsp3) is 0.600. The van der Waals surface area contributed by atoms with E-state index in [2.05, 4.69) is 26.0 Å². The summed E-state index contributed by atoms with van der Waals surface area (Å²) in [6.07, 6.45) is -0.161. The van der Waals surface area contributed by atoms with Crippen LogP contribution in [-0.4, -0.2) is 38.2 Å². The monoisotopic (exact) mass is 297 g/mol. The molecule has 0 spiro atoms. The van der Waals surface area contributed by atoms with Gasteiger partial charge in [-0.05, 0) is 24.0 Å². The van der Waals surface area contributed by atoms with Gasteiger partial charge in [0.1, 0.15) is 0 Å². The van der Waals surface area contributed by atoms with Crippen LogP contribution >= 0.6 is 0 Å². The molecule has 112 valence electrons. The van der Waals surface area contributed by atoms with E-state index in [1.807, 2.05) is 12.1 Å². The average Bonchev–Trinajstić information content (AvgIpc) is 2.47. The van der Waals surface area contributed by atoms with Crippen LogP contribution in [-0.2, 0) is 14.8 Å². The molecule has 0 aliphatic carbocycles. The molecule has 1 atom stereocenters. The van der Waals surface area contributed by atoms with Crippen LogP contribution in [0.25, 0.3) is 0 Å². The quantitative estimate of drug-likeness (QED) is 0.858. The molecule has 20 heavy (non-hydrogen) atoms. The minimum atomic E-state index is -3.13. The number of rotatable bonds is 4. The minimum Gasteiger partial charge on any atom is -0.371 e. The van der Waals surface area contributed by atoms with E-state index >= 15 is 0 Å². The predicted octanol–water partition coefficient (Wildman–Crippen LogP) is 2.53. The highest BCUT2D eigenvalue weighted by atomic mass is 32.2. The van der Waals surface area contributed by atoms with E-state index < -0.39 is 10.0 Å². The highest BCUT2D eigenvalue weighted by molar-refractivity contribution is 7.89. The molecule has 0 aromatic heterocycles. The van der Waals surface area contributed by atoms with Crippen molar-refractivity contribution in [2.24, 2.45) is 0 Å². The van der Waals surface area contributed by atoms with Gasteiger partial charge in [0.2, 0.25) is 10.0 Å². The number of morpholine rings is 1. The first kappa shape index (κ1) is 15.5. The molecule has 1 aromatic carbocycles. The molecule has 1 saturated heterocycles. The molecule has 4 nitrogen and oxygen atoms in total. The van der Waals surface area contributed by atoms with E-state index in [1.165, 1.54) is 9.87 Å². The average molecular weight is 297 g/mol. The highest BCUT2D eigenvalue weighted by Gasteiger charge is 2.28. The third kappa shape index (κ3) is 3.40. The maximum atomic E-state index is 11.9. The number of ether oxygens (including phenoxy) is 1. The number of nitrogens with zero attached hydrogens (tertiary/aromatic N) is 1. The summed E-state index contributed by atoms with van der Waals surface area (Å²) in [5.41, 5.74) is 2.33. The van der Waals surface area contributed by atoms with E-state index in [9.17, 15) is 8.42 Å². The summed E-state index contributed by atoms with van der Waals surface area (Å²) in [4.78, 5) is 0. The molecule has 1 heterocycles. The Labute approximate surface area is 121 Å². The Bertz CT molecular complexity index is 537. The van der Waals surface area contributed by atoms with Crippen LogP contribution in [0.2, 0.25) is 0 Å². The molecule has 0 bridgehead atoms. The standard InChI is InChI=1S/C15H23NO3S/c1-4-20(17,18)16-9-10-19-15(11-16)14-7-5-13(6-8-14)12(2)3/h5-8,12,15H,4,9-11H2,1-3H3. The zero-order chi connectivity index (χ0) is 14.8. The minimum absolute atomic E-state index is 0.145. The second-order valence-corrected chi connectivity index (χ2v) is 7.70. The maximum Gasteiger partial charge on any atom is 0.214 e. The number of hydrogen-bond donors (Lipinski definition) is 0. The van der Waals surface area contributed by atoms with Gasteiger partial charge in [-0.3, -0.25) is 0 Å². The van der Waals surface area contributed by atoms with Crippen molar-refractivity contribution in [3.63, 3.8) is 0 Å². The van der Waals surface area contributed by atoms with Crippen molar-refractivity contribution >= 4 is 10.0 Å². The molecule has 5 heteroatoms. The fourth-order valence-electron chi connectivity index (χ4n) is 2.36. The molecular formula is C15H23NO3S. The summed E-state index contributed by atoms with van der Waals surface area (Å²) in [7, 11) is -3.13. The molecule has 0 amide bonds. The number of sulfonamides is 1. The molecule has 1 aliphatic heterocycles. The Hall–Kier alpha value is -0.910. The Morgan fingerprint density at radius 1 is 1.30 bits per heavy atom. The van der Waals surface area contributed by atoms with Crippen molar-refractivity contribution in [3.8, 4) is 0 Å². The topological polar surface area (TPSA) is 46.6 Å². The van der Waals surface area contributed by atoms with Gasteiger partial charge < -0.3 is 4.74 Å². The maximum absolute atomic E-state index is 11.9. The Balaban J connectivity index is 2.13. The van der Waals surface area contributed by atoms with Gasteiger partial charge in [-0.25, -0.2) is 8.42 Å². The third-order valence-corrected chi connectivity index (χ3v) is 5.61. The molecule has 2 rings (SSSR count). The predicted molar refractivity (Wildman–Crippen MR) is 80.3 cm³/mol. The largest absolute Gasteiger partial charge is 0.371 e. The summed E-state index contributed by atoms with van der Waals surface area (Å²) >= 11 is 0. The van der Waals surface area contributed by atoms with Crippen LogP contribution in [0.5, 0.6) is 0 Å². The number of benzene rings is 1. The van der Waals surface area contributed by atoms with Crippen LogP contribution < -0.4 is 0 Å². The van der Waals surface area contributed by atoms with Crippen LogP contribution in [0, 0.1) is 0 Å². The first-order chi connectivity index (χ1) is 9.44. The molecule has 1 unspecified atom stereocenters. The van der Waals surface area contributed by atoms with Crippen molar-refractivity contribution in [2.75, 3.05) is 25.4 Å². The van der Waals surface area contributed by atoms with E-state index in [0.29, 0.717) is 25.6 Å². The van der Waals surface area contributed by atoms with Gasteiger partial charge in [-0.15, -0.1) is 0 Å². The van der Waals surface area contributed by atoms with Crippen molar-refractivity contribution in [1.82, 2.24) is 4.31 Å². The van der Waals surface area contributed by atoms with E-state index in [4.69, 9.17) is 4.74 Å². The van der Waals surface area contributed by atoms with E-state index in [0.717, 1.165) is 5.56 Å². The zero-order valence-corrected chi connectivity index (χ0v) is 13.2. The van der Waals surface area contributed by atoms with Gasteiger partial charge in [0.15, 0.2) is 0 Å². The van der Waals surface area contributed by atoms with Crippen molar-refractivity contribution in [1.29, 1.82) is 0 Å². The van der Waals surface area contributed by atoms with Crippen LogP contribution in [0.4, 0.5) is 0 Å². The third-order valence-electron chi connectivity index (χ3n) is 3.76. The summed E-state index contributed by atoms with van der Waals surface area (Å²) in [6.45, 7) is 7.31. The summed E-state index contributed by atoms with van der Waals surface area (Å²) in [6, 6.07) is 8.28. The van der Waals surface area contributed by atoms with E-state index in [-0.39, 0.29) is 11.9 Å². The van der Waals surface area contributed by atoms with Gasteiger partial charge in [0.05, 0.1) is 18.5 Å². The fourth-order valence-corrected chi connectivity index (χ4v) is 3.44. The van der Waals surface area contributed by atoms with Crippen molar-refractivity contribution < 1.29 is 13.2 Å².